The van der Waals surface area contributed by atoms with Crippen molar-refractivity contribution in [3.8, 4) is 0 Å². The Morgan fingerprint density at radius 2 is 1.86 bits per heavy atom. The second-order valence-corrected chi connectivity index (χ2v) is 12.3. The number of rotatable bonds is 5. The lowest BCUT2D eigenvalue weighted by Gasteiger charge is -2.49. The molecule has 2 heterocycles. The summed E-state index contributed by atoms with van der Waals surface area (Å²) in [5.41, 5.74) is -2.05. The van der Waals surface area contributed by atoms with Crippen molar-refractivity contribution in [1.29, 1.82) is 0 Å². The van der Waals surface area contributed by atoms with Crippen molar-refractivity contribution in [1.82, 2.24) is 14.5 Å². The van der Waals surface area contributed by atoms with Crippen molar-refractivity contribution >= 4 is 10.0 Å². The fourth-order valence-electron chi connectivity index (χ4n) is 5.74. The quantitative estimate of drug-likeness (QED) is 0.533. The number of hydrogen-bond donors (Lipinski definition) is 2. The standard InChI is InChI=1S/C25H27F2N3O5S/c1-15-8-9-21(16-6-4-3-5-7-16)36(33,34)30(15)12-17-10-20(27)18(11-19(17)26)25(13-24(2,32)14-25)22-28-29-23(31)35-22/h3-7,10-11,15,21,32H,8-9,12-14H2,1-2H3,(H,29,31)/t15-,21+,24-,25-/m0/s1. The van der Waals surface area contributed by atoms with Crippen molar-refractivity contribution in [3.05, 3.63) is 87.2 Å². The van der Waals surface area contributed by atoms with Crippen LogP contribution in [0.2, 0.25) is 0 Å². The molecule has 0 spiro atoms. The number of aliphatic hydroxyl groups is 1. The number of benzene rings is 2. The normalized spacial score (nSPS) is 30.1. The molecule has 0 bridgehead atoms. The largest absolute Gasteiger partial charge is 0.434 e. The highest BCUT2D eigenvalue weighted by atomic mass is 32.2. The van der Waals surface area contributed by atoms with Gasteiger partial charge in [0, 0.05) is 23.7 Å². The molecule has 36 heavy (non-hydrogen) atoms. The summed E-state index contributed by atoms with van der Waals surface area (Å²) in [5.74, 6) is -2.57. The molecule has 192 valence electrons. The molecule has 2 aliphatic rings. The Bertz CT molecular complexity index is 1440. The molecule has 3 aromatic rings. The maximum atomic E-state index is 15.5. The fraction of sp³-hybridized carbons (Fsp3) is 0.440. The third-order valence-electron chi connectivity index (χ3n) is 7.39. The molecular formula is C25H27F2N3O5S. The van der Waals surface area contributed by atoms with Crippen molar-refractivity contribution in [2.75, 3.05) is 0 Å². The second-order valence-electron chi connectivity index (χ2n) is 10.2. The smallest absolute Gasteiger partial charge is 0.391 e. The first kappa shape index (κ1) is 24.8. The average molecular weight is 520 g/mol. The first-order chi connectivity index (χ1) is 16.9. The molecule has 1 aliphatic carbocycles. The van der Waals surface area contributed by atoms with Crippen LogP contribution >= 0.6 is 0 Å². The lowest BCUT2D eigenvalue weighted by Crippen LogP contribution is -2.54. The lowest BCUT2D eigenvalue weighted by atomic mass is 9.56. The number of halogens is 2. The molecule has 2 atom stereocenters. The minimum absolute atomic E-state index is 0.0280. The van der Waals surface area contributed by atoms with E-state index in [2.05, 4.69) is 10.2 Å². The van der Waals surface area contributed by atoms with Gasteiger partial charge >= 0.3 is 5.76 Å². The Kier molecular flexibility index (Phi) is 5.92. The number of aromatic amines is 1. The van der Waals surface area contributed by atoms with Gasteiger partial charge in [0.1, 0.15) is 16.9 Å². The monoisotopic (exact) mass is 519 g/mol. The summed E-state index contributed by atoms with van der Waals surface area (Å²) in [6, 6.07) is 10.5. The Morgan fingerprint density at radius 1 is 1.17 bits per heavy atom. The highest BCUT2D eigenvalue weighted by Gasteiger charge is 2.58. The van der Waals surface area contributed by atoms with E-state index in [1.165, 1.54) is 4.31 Å². The summed E-state index contributed by atoms with van der Waals surface area (Å²) in [6.45, 7) is 2.98. The molecule has 0 radical (unpaired) electrons. The molecule has 5 rings (SSSR count). The van der Waals surface area contributed by atoms with Crippen LogP contribution < -0.4 is 5.76 Å². The van der Waals surface area contributed by atoms with Crippen LogP contribution in [0.1, 0.15) is 67.4 Å². The molecule has 1 aromatic heterocycles. The van der Waals surface area contributed by atoms with Crippen LogP contribution in [0.25, 0.3) is 0 Å². The van der Waals surface area contributed by atoms with Crippen molar-refractivity contribution in [2.24, 2.45) is 0 Å². The average Bonchev–Trinajstić information content (AvgIpc) is 3.23. The zero-order chi connectivity index (χ0) is 25.9. The van der Waals surface area contributed by atoms with Gasteiger partial charge in [-0.2, -0.15) is 4.31 Å². The molecule has 2 N–H and O–H groups in total. The van der Waals surface area contributed by atoms with E-state index in [4.69, 9.17) is 4.42 Å². The Balaban J connectivity index is 1.49. The van der Waals surface area contributed by atoms with E-state index in [0.717, 1.165) is 12.1 Å². The first-order valence-corrected chi connectivity index (χ1v) is 13.3. The summed E-state index contributed by atoms with van der Waals surface area (Å²) in [6.07, 6.45) is 0.966. The van der Waals surface area contributed by atoms with E-state index in [1.54, 1.807) is 44.2 Å². The van der Waals surface area contributed by atoms with E-state index < -0.39 is 43.7 Å². The highest BCUT2D eigenvalue weighted by molar-refractivity contribution is 7.89. The fourth-order valence-corrected chi connectivity index (χ4v) is 7.92. The molecule has 0 unspecified atom stereocenters. The third-order valence-corrected chi connectivity index (χ3v) is 9.76. The van der Waals surface area contributed by atoms with Gasteiger partial charge in [0.15, 0.2) is 0 Å². The molecule has 1 aliphatic heterocycles. The number of nitrogens with one attached hydrogen (secondary N) is 1. The Hall–Kier alpha value is -2.89. The maximum absolute atomic E-state index is 15.5. The molecule has 0 amide bonds. The number of H-pyrrole nitrogens is 1. The van der Waals surface area contributed by atoms with Crippen molar-refractivity contribution < 1.29 is 26.7 Å². The van der Waals surface area contributed by atoms with Crippen molar-refractivity contribution in [3.63, 3.8) is 0 Å². The SMILES string of the molecule is C[C@H]1CC[C@H](c2ccccc2)S(=O)(=O)N1Cc1cc(F)c([C@]2(c3n[nH]c(=O)o3)C[C@](C)(O)C2)cc1F. The lowest BCUT2D eigenvalue weighted by molar-refractivity contribution is -0.0705. The van der Waals surface area contributed by atoms with Crippen LogP contribution in [0, 0.1) is 11.6 Å². The molecule has 2 fully saturated rings. The molecule has 1 saturated carbocycles. The van der Waals surface area contributed by atoms with E-state index in [0.29, 0.717) is 18.4 Å². The molecule has 1 saturated heterocycles. The van der Waals surface area contributed by atoms with Gasteiger partial charge in [0.2, 0.25) is 15.9 Å². The third kappa shape index (κ3) is 4.08. The van der Waals surface area contributed by atoms with Gasteiger partial charge in [-0.1, -0.05) is 30.3 Å². The van der Waals surface area contributed by atoms with E-state index in [-0.39, 0.29) is 42.4 Å². The van der Waals surface area contributed by atoms with Crippen LogP contribution in [0.3, 0.4) is 0 Å². The zero-order valence-corrected chi connectivity index (χ0v) is 20.7. The summed E-state index contributed by atoms with van der Waals surface area (Å²) < 4.78 is 64.2. The maximum Gasteiger partial charge on any atom is 0.434 e. The van der Waals surface area contributed by atoms with E-state index in [9.17, 15) is 18.3 Å². The molecule has 8 nitrogen and oxygen atoms in total. The van der Waals surface area contributed by atoms with Crippen LogP contribution in [-0.2, 0) is 22.0 Å². The summed E-state index contributed by atoms with van der Waals surface area (Å²) in [5, 5.41) is 15.5. The number of nitrogens with zero attached hydrogens (tertiary/aromatic N) is 2. The summed E-state index contributed by atoms with van der Waals surface area (Å²) in [7, 11) is -3.83. The molecule has 2 aromatic carbocycles. The molecule has 11 heteroatoms. The van der Waals surface area contributed by atoms with Crippen LogP contribution in [0.15, 0.2) is 51.7 Å². The zero-order valence-electron chi connectivity index (χ0n) is 19.9. The van der Waals surface area contributed by atoms with Crippen LogP contribution in [-0.4, -0.2) is 39.7 Å². The Labute approximate surface area is 207 Å². The second kappa shape index (κ2) is 8.60. The minimum atomic E-state index is -3.83. The summed E-state index contributed by atoms with van der Waals surface area (Å²) >= 11 is 0. The van der Waals surface area contributed by atoms with Gasteiger partial charge < -0.3 is 9.52 Å². The van der Waals surface area contributed by atoms with Crippen LogP contribution in [0.5, 0.6) is 0 Å². The van der Waals surface area contributed by atoms with E-state index in [1.807, 2.05) is 0 Å². The highest BCUT2D eigenvalue weighted by Crippen LogP contribution is 2.54. The summed E-state index contributed by atoms with van der Waals surface area (Å²) in [4.78, 5) is 11.5. The topological polar surface area (TPSA) is 116 Å². The predicted octanol–water partition coefficient (Wildman–Crippen LogP) is 3.53. The van der Waals surface area contributed by atoms with Crippen molar-refractivity contribution in [2.45, 2.75) is 68.4 Å². The number of aromatic nitrogens is 2. The van der Waals surface area contributed by atoms with Gasteiger partial charge in [0.25, 0.3) is 0 Å². The molecular weight excluding hydrogens is 492 g/mol. The van der Waals surface area contributed by atoms with Gasteiger partial charge in [-0.15, -0.1) is 5.10 Å². The minimum Gasteiger partial charge on any atom is -0.391 e. The predicted molar refractivity (Wildman–Crippen MR) is 126 cm³/mol. The number of sulfonamides is 1. The van der Waals surface area contributed by atoms with Gasteiger partial charge in [0.05, 0.1) is 11.0 Å². The van der Waals surface area contributed by atoms with Gasteiger partial charge in [-0.3, -0.25) is 0 Å². The first-order valence-electron chi connectivity index (χ1n) is 11.8. The van der Waals surface area contributed by atoms with Gasteiger partial charge in [-0.05, 0) is 57.2 Å². The Morgan fingerprint density at radius 3 is 2.47 bits per heavy atom. The van der Waals surface area contributed by atoms with Gasteiger partial charge in [-0.25, -0.2) is 27.1 Å². The number of hydrogen-bond acceptors (Lipinski definition) is 6. The van der Waals surface area contributed by atoms with E-state index >= 15 is 8.78 Å². The van der Waals surface area contributed by atoms with Crippen LogP contribution in [0.4, 0.5) is 8.78 Å².